The van der Waals surface area contributed by atoms with Crippen molar-refractivity contribution in [1.82, 2.24) is 14.3 Å². The van der Waals surface area contributed by atoms with Gasteiger partial charge in [0.15, 0.2) is 0 Å². The number of likely N-dealkylation sites (tertiary alicyclic amines) is 1. The molecule has 3 aromatic rings. The molecule has 1 atom stereocenters. The summed E-state index contributed by atoms with van der Waals surface area (Å²) in [6.07, 6.45) is 6.52. The molecular formula is C22H23N3O3S. The molecule has 0 spiro atoms. The van der Waals surface area contributed by atoms with Gasteiger partial charge in [-0.3, -0.25) is 4.79 Å². The highest BCUT2D eigenvalue weighted by Crippen LogP contribution is 2.25. The van der Waals surface area contributed by atoms with Crippen LogP contribution in [0.2, 0.25) is 0 Å². The second-order valence-electron chi connectivity index (χ2n) is 7.04. The molecule has 1 unspecified atom stereocenters. The lowest BCUT2D eigenvalue weighted by molar-refractivity contribution is -0.147. The first-order valence-electron chi connectivity index (χ1n) is 9.70. The molecule has 6 nitrogen and oxygen atoms in total. The SMILES string of the molecule is COC(=O)C1CCCCN1C(=O)c1ccc(SCc2cn3ccccc3n2)cc1. The van der Waals surface area contributed by atoms with Crippen molar-refractivity contribution in [2.75, 3.05) is 13.7 Å². The van der Waals surface area contributed by atoms with Gasteiger partial charge >= 0.3 is 5.97 Å². The highest BCUT2D eigenvalue weighted by atomic mass is 32.2. The number of carbonyl (C=O) groups excluding carboxylic acids is 2. The van der Waals surface area contributed by atoms with Gasteiger partial charge in [0, 0.05) is 35.2 Å². The largest absolute Gasteiger partial charge is 0.467 e. The molecule has 1 aromatic carbocycles. The summed E-state index contributed by atoms with van der Waals surface area (Å²) in [6.45, 7) is 0.586. The van der Waals surface area contributed by atoms with E-state index in [0.717, 1.165) is 34.8 Å². The minimum atomic E-state index is -0.481. The molecule has 0 radical (unpaired) electrons. The second kappa shape index (κ2) is 8.69. The van der Waals surface area contributed by atoms with Crippen LogP contribution in [0, 0.1) is 0 Å². The number of ether oxygens (including phenoxy) is 1. The number of thioether (sulfide) groups is 1. The number of imidazole rings is 1. The third-order valence-electron chi connectivity index (χ3n) is 5.14. The van der Waals surface area contributed by atoms with Gasteiger partial charge in [0.1, 0.15) is 11.7 Å². The van der Waals surface area contributed by atoms with Crippen LogP contribution < -0.4 is 0 Å². The summed E-state index contributed by atoms with van der Waals surface area (Å²) in [5.74, 6) is 0.306. The Labute approximate surface area is 173 Å². The summed E-state index contributed by atoms with van der Waals surface area (Å²) < 4.78 is 6.89. The monoisotopic (exact) mass is 409 g/mol. The number of methoxy groups -OCH3 is 1. The van der Waals surface area contributed by atoms with Crippen molar-refractivity contribution in [2.45, 2.75) is 36.0 Å². The van der Waals surface area contributed by atoms with Crippen molar-refractivity contribution in [3.8, 4) is 0 Å². The Balaban J connectivity index is 1.41. The molecule has 1 saturated heterocycles. The minimum Gasteiger partial charge on any atom is -0.467 e. The average molecular weight is 410 g/mol. The maximum Gasteiger partial charge on any atom is 0.328 e. The molecule has 3 heterocycles. The quantitative estimate of drug-likeness (QED) is 0.474. The molecule has 4 rings (SSSR count). The summed E-state index contributed by atoms with van der Waals surface area (Å²) in [5, 5.41) is 0. The fraction of sp³-hybridized carbons (Fsp3) is 0.318. The van der Waals surface area contributed by atoms with Crippen LogP contribution in [0.5, 0.6) is 0 Å². The molecule has 7 heteroatoms. The van der Waals surface area contributed by atoms with Crippen molar-refractivity contribution in [2.24, 2.45) is 0 Å². The number of rotatable bonds is 5. The number of aromatic nitrogens is 2. The summed E-state index contributed by atoms with van der Waals surface area (Å²) in [4.78, 5) is 32.3. The molecule has 2 aromatic heterocycles. The van der Waals surface area contributed by atoms with Gasteiger partial charge in [-0.15, -0.1) is 11.8 Å². The normalized spacial score (nSPS) is 16.7. The number of pyridine rings is 1. The van der Waals surface area contributed by atoms with E-state index in [0.29, 0.717) is 18.5 Å². The smallest absolute Gasteiger partial charge is 0.328 e. The van der Waals surface area contributed by atoms with Gasteiger partial charge < -0.3 is 14.0 Å². The lowest BCUT2D eigenvalue weighted by Gasteiger charge is -2.33. The highest BCUT2D eigenvalue weighted by Gasteiger charge is 2.33. The zero-order valence-corrected chi connectivity index (χ0v) is 17.1. The van der Waals surface area contributed by atoms with E-state index in [1.807, 2.05) is 59.3 Å². The van der Waals surface area contributed by atoms with Gasteiger partial charge in [0.05, 0.1) is 12.8 Å². The van der Waals surface area contributed by atoms with E-state index >= 15 is 0 Å². The minimum absolute atomic E-state index is 0.114. The zero-order chi connectivity index (χ0) is 20.2. The van der Waals surface area contributed by atoms with Crippen LogP contribution in [0.3, 0.4) is 0 Å². The Kier molecular flexibility index (Phi) is 5.85. The number of benzene rings is 1. The summed E-state index contributed by atoms with van der Waals surface area (Å²) >= 11 is 1.68. The second-order valence-corrected chi connectivity index (χ2v) is 8.09. The Bertz CT molecular complexity index is 983. The molecule has 1 fully saturated rings. The van der Waals surface area contributed by atoms with Crippen molar-refractivity contribution in [3.05, 3.63) is 66.1 Å². The van der Waals surface area contributed by atoms with E-state index in [2.05, 4.69) is 4.98 Å². The van der Waals surface area contributed by atoms with E-state index in [1.165, 1.54) is 7.11 Å². The molecule has 150 valence electrons. The number of carbonyl (C=O) groups is 2. The van der Waals surface area contributed by atoms with Gasteiger partial charge in [-0.1, -0.05) is 6.07 Å². The summed E-state index contributed by atoms with van der Waals surface area (Å²) in [5.41, 5.74) is 2.54. The average Bonchev–Trinajstić information content (AvgIpc) is 3.20. The number of esters is 1. The number of amides is 1. The predicted molar refractivity (Wildman–Crippen MR) is 112 cm³/mol. The number of hydrogen-bond acceptors (Lipinski definition) is 5. The number of nitrogens with zero attached hydrogens (tertiary/aromatic N) is 3. The predicted octanol–water partition coefficient (Wildman–Crippen LogP) is 3.79. The highest BCUT2D eigenvalue weighted by molar-refractivity contribution is 7.98. The number of hydrogen-bond donors (Lipinski definition) is 0. The van der Waals surface area contributed by atoms with Crippen LogP contribution >= 0.6 is 11.8 Å². The molecular weight excluding hydrogens is 386 g/mol. The van der Waals surface area contributed by atoms with Gasteiger partial charge in [0.2, 0.25) is 0 Å². The van der Waals surface area contributed by atoms with Crippen LogP contribution in [0.4, 0.5) is 0 Å². The van der Waals surface area contributed by atoms with Crippen LogP contribution in [0.1, 0.15) is 35.3 Å². The zero-order valence-electron chi connectivity index (χ0n) is 16.3. The molecule has 1 amide bonds. The molecule has 0 N–H and O–H groups in total. The fourth-order valence-electron chi connectivity index (χ4n) is 3.63. The van der Waals surface area contributed by atoms with Crippen molar-refractivity contribution < 1.29 is 14.3 Å². The molecule has 1 aliphatic heterocycles. The van der Waals surface area contributed by atoms with E-state index in [9.17, 15) is 9.59 Å². The Hall–Kier alpha value is -2.80. The standard InChI is InChI=1S/C22H23N3O3S/c1-28-22(27)19-6-2-5-13-25(19)21(26)16-8-10-18(11-9-16)29-15-17-14-24-12-4-3-7-20(24)23-17/h3-4,7-12,14,19H,2,5-6,13,15H2,1H3. The lowest BCUT2D eigenvalue weighted by atomic mass is 10.0. The van der Waals surface area contributed by atoms with Gasteiger partial charge in [0.25, 0.3) is 5.91 Å². The maximum absolute atomic E-state index is 12.9. The van der Waals surface area contributed by atoms with Crippen LogP contribution in [0.15, 0.2) is 59.8 Å². The van der Waals surface area contributed by atoms with Crippen molar-refractivity contribution in [1.29, 1.82) is 0 Å². The molecule has 0 aliphatic carbocycles. The van der Waals surface area contributed by atoms with Crippen molar-refractivity contribution >= 4 is 29.3 Å². The Morgan fingerprint density at radius 2 is 2.00 bits per heavy atom. The van der Waals surface area contributed by atoms with Crippen LogP contribution in [-0.2, 0) is 15.3 Å². The maximum atomic E-state index is 12.9. The Morgan fingerprint density at radius 3 is 2.76 bits per heavy atom. The first kappa shape index (κ1) is 19.5. The van der Waals surface area contributed by atoms with Crippen molar-refractivity contribution in [3.63, 3.8) is 0 Å². The number of piperidine rings is 1. The summed E-state index contributed by atoms with van der Waals surface area (Å²) in [7, 11) is 1.37. The summed E-state index contributed by atoms with van der Waals surface area (Å²) in [6, 6.07) is 13.0. The van der Waals surface area contributed by atoms with Crippen LogP contribution in [0.25, 0.3) is 5.65 Å². The molecule has 0 saturated carbocycles. The van der Waals surface area contributed by atoms with E-state index in [4.69, 9.17) is 4.74 Å². The Morgan fingerprint density at radius 1 is 1.17 bits per heavy atom. The van der Waals surface area contributed by atoms with E-state index in [1.54, 1.807) is 16.7 Å². The van der Waals surface area contributed by atoms with Gasteiger partial charge in [-0.05, 0) is 55.7 Å². The van der Waals surface area contributed by atoms with E-state index in [-0.39, 0.29) is 11.9 Å². The molecule has 29 heavy (non-hydrogen) atoms. The molecule has 1 aliphatic rings. The third kappa shape index (κ3) is 4.29. The number of fused-ring (bicyclic) bond motifs is 1. The van der Waals surface area contributed by atoms with Gasteiger partial charge in [-0.25, -0.2) is 9.78 Å². The van der Waals surface area contributed by atoms with Crippen LogP contribution in [-0.4, -0.2) is 45.9 Å². The molecule has 0 bridgehead atoms. The lowest BCUT2D eigenvalue weighted by Crippen LogP contribution is -2.48. The van der Waals surface area contributed by atoms with Gasteiger partial charge in [-0.2, -0.15) is 0 Å². The topological polar surface area (TPSA) is 63.9 Å². The first-order valence-corrected chi connectivity index (χ1v) is 10.7. The first-order chi connectivity index (χ1) is 14.2. The fourth-order valence-corrected chi connectivity index (χ4v) is 4.41. The third-order valence-corrected chi connectivity index (χ3v) is 6.18. The van der Waals surface area contributed by atoms with E-state index < -0.39 is 6.04 Å².